The van der Waals surface area contributed by atoms with Crippen LogP contribution < -0.4 is 0 Å². The molecule has 31 heavy (non-hydrogen) atoms. The van der Waals surface area contributed by atoms with Gasteiger partial charge in [-0.25, -0.2) is 4.99 Å². The molecular weight excluding hydrogens is 382 g/mol. The lowest BCUT2D eigenvalue weighted by atomic mass is 9.93. The van der Waals surface area contributed by atoms with E-state index in [4.69, 9.17) is 4.99 Å². The summed E-state index contributed by atoms with van der Waals surface area (Å²) in [5, 5.41) is 16.8. The number of nitrogens with zero attached hydrogens (tertiary/aromatic N) is 3. The van der Waals surface area contributed by atoms with Crippen LogP contribution in [-0.2, 0) is 0 Å². The summed E-state index contributed by atoms with van der Waals surface area (Å²) in [5.74, 6) is 0.300. The summed E-state index contributed by atoms with van der Waals surface area (Å²) in [7, 11) is 0. The molecule has 0 fully saturated rings. The predicted octanol–water partition coefficient (Wildman–Crippen LogP) is 6.23. The zero-order chi connectivity index (χ0) is 20.5. The van der Waals surface area contributed by atoms with E-state index in [9.17, 15) is 5.11 Å². The minimum atomic E-state index is 0.300. The van der Waals surface area contributed by atoms with E-state index in [1.165, 1.54) is 0 Å². The second kappa shape index (κ2) is 5.86. The first kappa shape index (κ1) is 16.5. The van der Waals surface area contributed by atoms with E-state index in [1.54, 1.807) is 18.5 Å². The van der Waals surface area contributed by atoms with Crippen molar-refractivity contribution in [2.75, 3.05) is 0 Å². The Morgan fingerprint density at radius 1 is 0.613 bits per heavy atom. The van der Waals surface area contributed by atoms with Gasteiger partial charge in [0.2, 0.25) is 0 Å². The summed E-state index contributed by atoms with van der Waals surface area (Å²) >= 11 is 0. The van der Waals surface area contributed by atoms with Crippen LogP contribution in [0.5, 0.6) is 5.75 Å². The first-order valence-corrected chi connectivity index (χ1v) is 10.2. The van der Waals surface area contributed by atoms with Crippen LogP contribution in [0.25, 0.3) is 43.7 Å². The van der Waals surface area contributed by atoms with Crippen molar-refractivity contribution in [3.05, 3.63) is 96.3 Å². The number of pyridine rings is 2. The molecule has 0 saturated heterocycles. The third-order valence-electron chi connectivity index (χ3n) is 6.20. The van der Waals surface area contributed by atoms with Crippen molar-refractivity contribution >= 4 is 43.7 Å². The van der Waals surface area contributed by atoms with Gasteiger partial charge in [-0.3, -0.25) is 9.97 Å². The lowest BCUT2D eigenvalue weighted by Crippen LogP contribution is -1.98. The highest BCUT2D eigenvalue weighted by Crippen LogP contribution is 2.42. The third-order valence-corrected chi connectivity index (χ3v) is 6.20. The molecule has 1 N–H and O–H groups in total. The van der Waals surface area contributed by atoms with Gasteiger partial charge in [0.15, 0.2) is 0 Å². The van der Waals surface area contributed by atoms with Crippen LogP contribution in [0.3, 0.4) is 0 Å². The number of aliphatic imine (C=N–C) groups is 1. The van der Waals surface area contributed by atoms with E-state index in [0.29, 0.717) is 5.75 Å². The van der Waals surface area contributed by atoms with Crippen molar-refractivity contribution < 1.29 is 5.11 Å². The maximum absolute atomic E-state index is 10.4. The number of phenols is 1. The normalized spacial score (nSPS) is 12.6. The Hall–Kier alpha value is -4.31. The topological polar surface area (TPSA) is 58.4 Å². The number of fused-ring (bicyclic) bond motifs is 3. The number of aromatic hydroxyl groups is 1. The highest BCUT2D eigenvalue weighted by Gasteiger charge is 2.27. The molecule has 2 heterocycles. The number of hydrogen-bond donors (Lipinski definition) is 1. The number of benzene rings is 4. The number of phenolic OH excluding ortho intramolecular Hbond substituents is 1. The van der Waals surface area contributed by atoms with E-state index in [2.05, 4.69) is 52.4 Å². The van der Waals surface area contributed by atoms with Gasteiger partial charge in [0.25, 0.3) is 0 Å². The lowest BCUT2D eigenvalue weighted by Gasteiger charge is -2.13. The predicted molar refractivity (Wildman–Crippen MR) is 125 cm³/mol. The summed E-state index contributed by atoms with van der Waals surface area (Å²) in [6, 6.07) is 24.2. The number of hydrogen-bond acceptors (Lipinski definition) is 4. The van der Waals surface area contributed by atoms with Crippen molar-refractivity contribution in [1.82, 2.24) is 9.97 Å². The maximum atomic E-state index is 10.4. The minimum Gasteiger partial charge on any atom is -0.507 e. The second-order valence-corrected chi connectivity index (χ2v) is 7.85. The van der Waals surface area contributed by atoms with Crippen LogP contribution in [0.2, 0.25) is 0 Å². The molecule has 0 bridgehead atoms. The van der Waals surface area contributed by atoms with Crippen LogP contribution in [0.4, 0.5) is 5.69 Å². The Balaban J connectivity index is 1.58. The van der Waals surface area contributed by atoms with Crippen molar-refractivity contribution in [2.24, 2.45) is 4.99 Å². The zero-order valence-corrected chi connectivity index (χ0v) is 16.4. The van der Waals surface area contributed by atoms with Gasteiger partial charge in [-0.1, -0.05) is 36.4 Å². The van der Waals surface area contributed by atoms with E-state index >= 15 is 0 Å². The van der Waals surface area contributed by atoms with Gasteiger partial charge < -0.3 is 5.11 Å². The molecule has 144 valence electrons. The fourth-order valence-corrected chi connectivity index (χ4v) is 4.82. The molecule has 4 nitrogen and oxygen atoms in total. The van der Waals surface area contributed by atoms with Crippen molar-refractivity contribution in [2.45, 2.75) is 0 Å². The fourth-order valence-electron chi connectivity index (χ4n) is 4.82. The second-order valence-electron chi connectivity index (χ2n) is 7.85. The molecule has 0 atom stereocenters. The summed E-state index contributed by atoms with van der Waals surface area (Å²) in [4.78, 5) is 14.3. The van der Waals surface area contributed by atoms with Crippen LogP contribution >= 0.6 is 0 Å². The summed E-state index contributed by atoms with van der Waals surface area (Å²) < 4.78 is 0. The van der Waals surface area contributed by atoms with Crippen LogP contribution in [-0.4, -0.2) is 20.8 Å². The van der Waals surface area contributed by atoms with Crippen molar-refractivity contribution in [1.29, 1.82) is 0 Å². The molecule has 1 aliphatic rings. The van der Waals surface area contributed by atoms with Crippen LogP contribution in [0.1, 0.15) is 11.1 Å². The first-order valence-electron chi connectivity index (χ1n) is 10.2. The van der Waals surface area contributed by atoms with Gasteiger partial charge in [-0.05, 0) is 52.6 Å². The molecule has 0 amide bonds. The highest BCUT2D eigenvalue weighted by atomic mass is 16.3. The van der Waals surface area contributed by atoms with Crippen molar-refractivity contribution in [3.63, 3.8) is 0 Å². The standard InChI is InChI=1S/C27H15N3O/c31-22-12-8-16-5-9-17-21(11-7-15-6-10-18(22)24(16)23(15)17)30-25-19-3-1-13-28-26(19)27-20(25)4-2-14-29-27/h1-14,31H. The van der Waals surface area contributed by atoms with Crippen LogP contribution in [0.15, 0.2) is 90.2 Å². The fraction of sp³-hybridized carbons (Fsp3) is 0. The summed E-state index contributed by atoms with van der Waals surface area (Å²) in [6.07, 6.45) is 3.59. The molecule has 0 radical (unpaired) electrons. The van der Waals surface area contributed by atoms with Gasteiger partial charge >= 0.3 is 0 Å². The maximum Gasteiger partial charge on any atom is 0.123 e. The van der Waals surface area contributed by atoms with Gasteiger partial charge in [-0.15, -0.1) is 0 Å². The summed E-state index contributed by atoms with van der Waals surface area (Å²) in [6.45, 7) is 0. The Labute approximate surface area is 177 Å². The highest BCUT2D eigenvalue weighted by molar-refractivity contribution is 6.28. The Bertz CT molecular complexity index is 1650. The average molecular weight is 397 g/mol. The third kappa shape index (κ3) is 2.16. The molecular formula is C27H15N3O. The van der Waals surface area contributed by atoms with Gasteiger partial charge in [0.05, 0.1) is 22.8 Å². The van der Waals surface area contributed by atoms with E-state index < -0.39 is 0 Å². The smallest absolute Gasteiger partial charge is 0.123 e. The largest absolute Gasteiger partial charge is 0.507 e. The van der Waals surface area contributed by atoms with E-state index in [0.717, 1.165) is 66.2 Å². The lowest BCUT2D eigenvalue weighted by molar-refractivity contribution is 0.482. The molecule has 0 spiro atoms. The Kier molecular flexibility index (Phi) is 3.12. The Morgan fingerprint density at radius 3 is 1.90 bits per heavy atom. The zero-order valence-electron chi connectivity index (χ0n) is 16.4. The molecule has 4 heteroatoms. The van der Waals surface area contributed by atoms with Gasteiger partial charge in [0, 0.05) is 39.7 Å². The average Bonchev–Trinajstić information content (AvgIpc) is 3.13. The molecule has 0 saturated carbocycles. The van der Waals surface area contributed by atoms with Gasteiger partial charge in [-0.2, -0.15) is 0 Å². The quantitative estimate of drug-likeness (QED) is 0.334. The monoisotopic (exact) mass is 397 g/mol. The molecule has 6 aromatic rings. The molecule has 4 aromatic carbocycles. The molecule has 1 aliphatic carbocycles. The van der Waals surface area contributed by atoms with E-state index in [1.807, 2.05) is 24.3 Å². The molecule has 0 aliphatic heterocycles. The van der Waals surface area contributed by atoms with Crippen molar-refractivity contribution in [3.8, 4) is 17.1 Å². The van der Waals surface area contributed by atoms with E-state index in [-0.39, 0.29) is 0 Å². The molecule has 2 aromatic heterocycles. The summed E-state index contributed by atoms with van der Waals surface area (Å²) in [5.41, 5.74) is 5.54. The first-order chi connectivity index (χ1) is 15.3. The SMILES string of the molecule is Oc1ccc2ccc3c(N=C4c5cccnc5-c5ncccc54)ccc4ccc1c2c43. The number of aromatic nitrogens is 2. The number of rotatable bonds is 1. The van der Waals surface area contributed by atoms with Crippen LogP contribution in [0, 0.1) is 0 Å². The molecule has 0 unspecified atom stereocenters. The minimum absolute atomic E-state index is 0.300. The van der Waals surface area contributed by atoms with Gasteiger partial charge in [0.1, 0.15) is 5.75 Å². The molecule has 7 rings (SSSR count). The Morgan fingerprint density at radius 2 is 1.19 bits per heavy atom.